The lowest BCUT2D eigenvalue weighted by atomic mass is 10.2. The Bertz CT molecular complexity index is 996. The normalized spacial score (nSPS) is 10.4. The number of aromatic nitrogens is 2. The molecule has 0 bridgehead atoms. The van der Waals surface area contributed by atoms with Crippen LogP contribution in [0.2, 0.25) is 5.02 Å². The number of nitrogens with zero attached hydrogens (tertiary/aromatic N) is 2. The highest BCUT2D eigenvalue weighted by Crippen LogP contribution is 2.16. The maximum absolute atomic E-state index is 12.5. The van der Waals surface area contributed by atoms with Crippen LogP contribution in [0.25, 0.3) is 5.69 Å². The Kier molecular flexibility index (Phi) is 5.04. The first kappa shape index (κ1) is 17.7. The van der Waals surface area contributed by atoms with Crippen molar-refractivity contribution in [3.05, 3.63) is 81.2 Å². The number of hydrogen-bond donors (Lipinski definition) is 1. The van der Waals surface area contributed by atoms with E-state index < -0.39 is 11.3 Å². The summed E-state index contributed by atoms with van der Waals surface area (Å²) in [6.07, 6.45) is 0. The number of carbonyl (C=O) groups excluding carboxylic acids is 1. The molecule has 132 valence electrons. The molecule has 0 radical (unpaired) electrons. The van der Waals surface area contributed by atoms with E-state index in [1.54, 1.807) is 62.6 Å². The van der Waals surface area contributed by atoms with Crippen molar-refractivity contribution in [2.45, 2.75) is 6.92 Å². The number of benzene rings is 2. The monoisotopic (exact) mass is 369 g/mol. The minimum Gasteiger partial charge on any atom is -0.497 e. The number of carbonyl (C=O) groups is 1. The van der Waals surface area contributed by atoms with Crippen molar-refractivity contribution in [1.82, 2.24) is 9.78 Å². The third-order valence-electron chi connectivity index (χ3n) is 3.74. The van der Waals surface area contributed by atoms with Crippen LogP contribution in [0.1, 0.15) is 16.2 Å². The van der Waals surface area contributed by atoms with Crippen LogP contribution < -0.4 is 15.5 Å². The molecule has 0 aliphatic carbocycles. The Hall–Kier alpha value is -3.12. The lowest BCUT2D eigenvalue weighted by Gasteiger charge is -2.11. The van der Waals surface area contributed by atoms with E-state index in [2.05, 4.69) is 10.4 Å². The summed E-state index contributed by atoms with van der Waals surface area (Å²) in [5, 5.41) is 7.48. The predicted octanol–water partition coefficient (Wildman–Crippen LogP) is 3.46. The number of hydrogen-bond acceptors (Lipinski definition) is 4. The van der Waals surface area contributed by atoms with Crippen molar-refractivity contribution in [2.24, 2.45) is 0 Å². The van der Waals surface area contributed by atoms with E-state index in [0.29, 0.717) is 27.8 Å². The molecule has 1 amide bonds. The number of anilines is 1. The van der Waals surface area contributed by atoms with Crippen LogP contribution in [0.3, 0.4) is 0 Å². The van der Waals surface area contributed by atoms with Crippen molar-refractivity contribution < 1.29 is 9.53 Å². The van der Waals surface area contributed by atoms with Crippen molar-refractivity contribution in [1.29, 1.82) is 0 Å². The topological polar surface area (TPSA) is 73.2 Å². The maximum atomic E-state index is 12.5. The summed E-state index contributed by atoms with van der Waals surface area (Å²) in [7, 11) is 1.56. The van der Waals surface area contributed by atoms with Gasteiger partial charge in [0, 0.05) is 22.5 Å². The highest BCUT2D eigenvalue weighted by molar-refractivity contribution is 6.30. The number of aryl methyl sites for hydroxylation is 1. The Balaban J connectivity index is 1.93. The van der Waals surface area contributed by atoms with Crippen LogP contribution in [0.15, 0.2) is 59.4 Å². The van der Waals surface area contributed by atoms with Gasteiger partial charge in [0.25, 0.3) is 5.91 Å². The second-order valence-corrected chi connectivity index (χ2v) is 6.01. The maximum Gasteiger partial charge on any atom is 0.280 e. The number of amides is 1. The molecule has 3 aromatic rings. The van der Waals surface area contributed by atoms with Crippen LogP contribution in [-0.4, -0.2) is 22.8 Å². The molecule has 0 aliphatic heterocycles. The van der Waals surface area contributed by atoms with Gasteiger partial charge < -0.3 is 10.1 Å². The first-order valence-corrected chi connectivity index (χ1v) is 8.18. The van der Waals surface area contributed by atoms with Crippen molar-refractivity contribution in [3.63, 3.8) is 0 Å². The molecule has 0 fully saturated rings. The van der Waals surface area contributed by atoms with Crippen LogP contribution in [-0.2, 0) is 0 Å². The fourth-order valence-corrected chi connectivity index (χ4v) is 2.54. The summed E-state index contributed by atoms with van der Waals surface area (Å²) in [5.74, 6) is 0.0874. The van der Waals surface area contributed by atoms with E-state index >= 15 is 0 Å². The Morgan fingerprint density at radius 2 is 1.77 bits per heavy atom. The molecule has 3 rings (SSSR count). The second-order valence-electron chi connectivity index (χ2n) is 5.57. The van der Waals surface area contributed by atoms with Gasteiger partial charge in [0.2, 0.25) is 5.43 Å². The van der Waals surface area contributed by atoms with Crippen LogP contribution in [0.5, 0.6) is 5.75 Å². The molecule has 0 saturated heterocycles. The molecule has 1 N–H and O–H groups in total. The van der Waals surface area contributed by atoms with Gasteiger partial charge in [-0.05, 0) is 55.5 Å². The zero-order valence-corrected chi connectivity index (χ0v) is 14.9. The lowest BCUT2D eigenvalue weighted by Crippen LogP contribution is -2.26. The van der Waals surface area contributed by atoms with Crippen LogP contribution in [0.4, 0.5) is 5.69 Å². The standard InChI is InChI=1S/C19H16ClN3O3/c1-12-11-17(24)18(22-23(12)15-7-3-13(20)4-8-15)19(25)21-14-5-9-16(26-2)10-6-14/h3-11H,1-2H3,(H,21,25). The molecule has 0 spiro atoms. The number of ether oxygens (including phenoxy) is 1. The molecule has 0 saturated carbocycles. The van der Waals surface area contributed by atoms with E-state index in [-0.39, 0.29) is 5.69 Å². The predicted molar refractivity (Wildman–Crippen MR) is 101 cm³/mol. The van der Waals surface area contributed by atoms with Crippen LogP contribution >= 0.6 is 11.6 Å². The average Bonchev–Trinajstić information content (AvgIpc) is 2.63. The third kappa shape index (κ3) is 3.75. The van der Waals surface area contributed by atoms with E-state index in [4.69, 9.17) is 16.3 Å². The molecule has 1 heterocycles. The first-order chi connectivity index (χ1) is 12.5. The van der Waals surface area contributed by atoms with Gasteiger partial charge in [-0.15, -0.1) is 0 Å². The van der Waals surface area contributed by atoms with E-state index in [9.17, 15) is 9.59 Å². The minimum atomic E-state index is -0.581. The summed E-state index contributed by atoms with van der Waals surface area (Å²) < 4.78 is 6.60. The van der Waals surface area contributed by atoms with E-state index in [0.717, 1.165) is 0 Å². The third-order valence-corrected chi connectivity index (χ3v) is 3.99. The molecule has 0 aliphatic rings. The largest absolute Gasteiger partial charge is 0.497 e. The summed E-state index contributed by atoms with van der Waals surface area (Å²) in [4.78, 5) is 24.7. The Morgan fingerprint density at radius 3 is 2.38 bits per heavy atom. The van der Waals surface area contributed by atoms with Gasteiger partial charge in [-0.2, -0.15) is 5.10 Å². The number of halogens is 1. The van der Waals surface area contributed by atoms with Gasteiger partial charge in [0.15, 0.2) is 5.69 Å². The average molecular weight is 370 g/mol. The number of nitrogens with one attached hydrogen (secondary N) is 1. The zero-order valence-electron chi connectivity index (χ0n) is 14.2. The minimum absolute atomic E-state index is 0.193. The van der Waals surface area contributed by atoms with Gasteiger partial charge in [-0.1, -0.05) is 11.6 Å². The molecule has 7 heteroatoms. The highest BCUT2D eigenvalue weighted by atomic mass is 35.5. The number of rotatable bonds is 4. The first-order valence-electron chi connectivity index (χ1n) is 7.80. The summed E-state index contributed by atoms with van der Waals surface area (Å²) in [6.45, 7) is 1.74. The summed E-state index contributed by atoms with van der Waals surface area (Å²) in [5.41, 5.74) is 1.21. The Morgan fingerprint density at radius 1 is 1.12 bits per heavy atom. The quantitative estimate of drug-likeness (QED) is 0.764. The van der Waals surface area contributed by atoms with Gasteiger partial charge in [0.05, 0.1) is 12.8 Å². The molecule has 2 aromatic carbocycles. The molecule has 26 heavy (non-hydrogen) atoms. The van der Waals surface area contributed by atoms with E-state index in [1.807, 2.05) is 0 Å². The zero-order chi connectivity index (χ0) is 18.7. The lowest BCUT2D eigenvalue weighted by molar-refractivity contribution is 0.101. The summed E-state index contributed by atoms with van der Waals surface area (Å²) in [6, 6.07) is 15.1. The van der Waals surface area contributed by atoms with Crippen molar-refractivity contribution in [3.8, 4) is 11.4 Å². The van der Waals surface area contributed by atoms with E-state index in [1.165, 1.54) is 10.7 Å². The SMILES string of the molecule is COc1ccc(NC(=O)c2nn(-c3ccc(Cl)cc3)c(C)cc2=O)cc1. The fraction of sp³-hybridized carbons (Fsp3) is 0.105. The molecular formula is C19H16ClN3O3. The second kappa shape index (κ2) is 7.41. The van der Waals surface area contributed by atoms with Crippen LogP contribution in [0, 0.1) is 6.92 Å². The van der Waals surface area contributed by atoms with Gasteiger partial charge in [0.1, 0.15) is 5.75 Å². The molecule has 0 unspecified atom stereocenters. The van der Waals surface area contributed by atoms with Gasteiger partial charge >= 0.3 is 0 Å². The molecule has 1 aromatic heterocycles. The molecule has 6 nitrogen and oxygen atoms in total. The smallest absolute Gasteiger partial charge is 0.280 e. The Labute approximate surface area is 155 Å². The molecule has 0 atom stereocenters. The number of methoxy groups -OCH3 is 1. The van der Waals surface area contributed by atoms with Crippen molar-refractivity contribution in [2.75, 3.05) is 12.4 Å². The van der Waals surface area contributed by atoms with Gasteiger partial charge in [-0.25, -0.2) is 4.68 Å². The molecular weight excluding hydrogens is 354 g/mol. The van der Waals surface area contributed by atoms with Crippen molar-refractivity contribution >= 4 is 23.2 Å². The fourth-order valence-electron chi connectivity index (χ4n) is 2.41. The summed E-state index contributed by atoms with van der Waals surface area (Å²) >= 11 is 5.91. The van der Waals surface area contributed by atoms with Gasteiger partial charge in [-0.3, -0.25) is 9.59 Å². The highest BCUT2D eigenvalue weighted by Gasteiger charge is 2.15.